The van der Waals surface area contributed by atoms with E-state index in [0.717, 1.165) is 35.4 Å². The summed E-state index contributed by atoms with van der Waals surface area (Å²) in [5, 5.41) is 8.74. The summed E-state index contributed by atoms with van der Waals surface area (Å²) >= 11 is 0. The second-order valence-corrected chi connectivity index (χ2v) is 7.53. The molecule has 4 nitrogen and oxygen atoms in total. The van der Waals surface area contributed by atoms with Crippen molar-refractivity contribution in [1.29, 1.82) is 0 Å². The highest BCUT2D eigenvalue weighted by molar-refractivity contribution is 6.06. The fraction of sp³-hybridized carbons (Fsp3) is 0.364. The maximum Gasteiger partial charge on any atom is 0.142 e. The number of hydrogen-bond acceptors (Lipinski definition) is 4. The number of hydrogen-bond donors (Lipinski definition) is 0. The average molecular weight is 350 g/mol. The molecule has 1 saturated carbocycles. The highest BCUT2D eigenvalue weighted by Crippen LogP contribution is 2.32. The van der Waals surface area contributed by atoms with Crippen molar-refractivity contribution in [2.24, 2.45) is 15.7 Å². The van der Waals surface area contributed by atoms with Gasteiger partial charge in [0, 0.05) is 6.42 Å². The summed E-state index contributed by atoms with van der Waals surface area (Å²) < 4.78 is 0. The van der Waals surface area contributed by atoms with Gasteiger partial charge in [-0.25, -0.2) is 0 Å². The van der Waals surface area contributed by atoms with Crippen LogP contribution in [0.5, 0.6) is 0 Å². The van der Waals surface area contributed by atoms with E-state index in [1.54, 1.807) is 0 Å². The maximum atomic E-state index is 5.57. The van der Waals surface area contributed by atoms with E-state index in [2.05, 4.69) is 24.2 Å². The molecule has 0 radical (unpaired) electrons. The third-order valence-electron chi connectivity index (χ3n) is 4.31. The molecular weight excluding hydrogens is 324 g/mol. The molecule has 0 amide bonds. The Bertz CT molecular complexity index is 689. The molecule has 0 N–H and O–H groups in total. The molecule has 4 heteroatoms. The smallest absolute Gasteiger partial charge is 0.142 e. The lowest BCUT2D eigenvalue weighted by Crippen LogP contribution is -2.29. The monoisotopic (exact) mass is 350 g/mol. The molecule has 3 rings (SSSR count). The normalized spacial score (nSPS) is 19.5. The highest BCUT2D eigenvalue weighted by Gasteiger charge is 2.30. The first-order valence-corrected chi connectivity index (χ1v) is 9.04. The van der Waals surface area contributed by atoms with Gasteiger partial charge >= 0.3 is 0 Å². The van der Waals surface area contributed by atoms with Crippen LogP contribution in [0.3, 0.4) is 0 Å². The van der Waals surface area contributed by atoms with Gasteiger partial charge in [-0.3, -0.25) is 0 Å². The Morgan fingerprint density at radius 3 is 1.58 bits per heavy atom. The van der Waals surface area contributed by atoms with Crippen LogP contribution in [0.15, 0.2) is 71.0 Å². The molecule has 1 aliphatic rings. The summed E-state index contributed by atoms with van der Waals surface area (Å²) in [7, 11) is 0. The quantitative estimate of drug-likeness (QED) is 0.660. The first-order valence-electron chi connectivity index (χ1n) is 9.04. The third kappa shape index (κ3) is 5.73. The summed E-state index contributed by atoms with van der Waals surface area (Å²) in [6.07, 6.45) is 2.55. The lowest BCUT2D eigenvalue weighted by Gasteiger charge is -2.30. The van der Waals surface area contributed by atoms with E-state index >= 15 is 0 Å². The van der Waals surface area contributed by atoms with Crippen LogP contribution in [-0.2, 0) is 22.9 Å². The second-order valence-electron chi connectivity index (χ2n) is 7.53. The minimum Gasteiger partial charge on any atom is -0.391 e. The molecule has 26 heavy (non-hydrogen) atoms. The molecule has 2 aromatic rings. The van der Waals surface area contributed by atoms with Gasteiger partial charge in [0.15, 0.2) is 0 Å². The van der Waals surface area contributed by atoms with Crippen molar-refractivity contribution in [3.63, 3.8) is 0 Å². The molecule has 0 bridgehead atoms. The first kappa shape index (κ1) is 18.2. The fourth-order valence-corrected chi connectivity index (χ4v) is 3.20. The van der Waals surface area contributed by atoms with Gasteiger partial charge in [0.25, 0.3) is 0 Å². The standard InChI is InChI=1S/C22H26N2O2/c1-22(2)14-20(23-25-16-18-9-5-3-6-10-18)13-21(15-22)24-26-17-19-11-7-4-8-12-19/h3-12H,13-17H2,1-2H3. The van der Waals surface area contributed by atoms with Gasteiger partial charge in [-0.15, -0.1) is 0 Å². The Labute approximate surface area is 155 Å². The zero-order valence-corrected chi connectivity index (χ0v) is 15.5. The number of nitrogens with zero attached hydrogens (tertiary/aromatic N) is 2. The van der Waals surface area contributed by atoms with Crippen molar-refractivity contribution >= 4 is 11.4 Å². The molecule has 1 aliphatic carbocycles. The maximum absolute atomic E-state index is 5.57. The van der Waals surface area contributed by atoms with Crippen molar-refractivity contribution < 1.29 is 9.68 Å². The van der Waals surface area contributed by atoms with Gasteiger partial charge in [0.2, 0.25) is 0 Å². The first-order chi connectivity index (χ1) is 12.6. The largest absolute Gasteiger partial charge is 0.391 e. The van der Waals surface area contributed by atoms with Crippen LogP contribution >= 0.6 is 0 Å². The molecule has 0 aliphatic heterocycles. The molecular formula is C22H26N2O2. The van der Waals surface area contributed by atoms with Crippen molar-refractivity contribution in [2.75, 3.05) is 0 Å². The number of rotatable bonds is 6. The van der Waals surface area contributed by atoms with E-state index in [0.29, 0.717) is 19.6 Å². The summed E-state index contributed by atoms with van der Waals surface area (Å²) in [4.78, 5) is 11.1. The minimum atomic E-state index is 0.113. The molecule has 0 saturated heterocycles. The molecule has 0 unspecified atom stereocenters. The predicted octanol–water partition coefficient (Wildman–Crippen LogP) is 5.34. The van der Waals surface area contributed by atoms with Gasteiger partial charge in [-0.2, -0.15) is 0 Å². The van der Waals surface area contributed by atoms with Gasteiger partial charge < -0.3 is 9.68 Å². The predicted molar refractivity (Wildman–Crippen MR) is 105 cm³/mol. The Hall–Kier alpha value is -2.62. The summed E-state index contributed by atoms with van der Waals surface area (Å²) in [5.41, 5.74) is 4.40. The average Bonchev–Trinajstić information content (AvgIpc) is 2.62. The highest BCUT2D eigenvalue weighted by atomic mass is 16.6. The summed E-state index contributed by atoms with van der Waals surface area (Å²) in [5.74, 6) is 0. The SMILES string of the molecule is CC1(C)CC(=NOCc2ccccc2)CC(=NOCc2ccccc2)C1. The van der Waals surface area contributed by atoms with Gasteiger partial charge in [0.05, 0.1) is 11.4 Å². The van der Waals surface area contributed by atoms with Crippen LogP contribution in [0.25, 0.3) is 0 Å². The topological polar surface area (TPSA) is 43.2 Å². The number of benzene rings is 2. The molecule has 136 valence electrons. The lowest BCUT2D eigenvalue weighted by molar-refractivity contribution is 0.124. The van der Waals surface area contributed by atoms with Crippen LogP contribution < -0.4 is 0 Å². The Morgan fingerprint density at radius 1 is 0.731 bits per heavy atom. The van der Waals surface area contributed by atoms with E-state index < -0.39 is 0 Å². The van der Waals surface area contributed by atoms with Gasteiger partial charge in [-0.05, 0) is 29.4 Å². The minimum absolute atomic E-state index is 0.113. The summed E-state index contributed by atoms with van der Waals surface area (Å²) in [6.45, 7) is 5.43. The lowest BCUT2D eigenvalue weighted by atomic mass is 9.75. The molecule has 0 atom stereocenters. The van der Waals surface area contributed by atoms with E-state index in [9.17, 15) is 0 Å². The second kappa shape index (κ2) is 8.65. The van der Waals surface area contributed by atoms with Gasteiger partial charge in [0.1, 0.15) is 13.2 Å². The van der Waals surface area contributed by atoms with Crippen LogP contribution in [0, 0.1) is 5.41 Å². The van der Waals surface area contributed by atoms with Crippen LogP contribution in [0.4, 0.5) is 0 Å². The van der Waals surface area contributed by atoms with Crippen molar-refractivity contribution in [1.82, 2.24) is 0 Å². The molecule has 0 spiro atoms. The van der Waals surface area contributed by atoms with Gasteiger partial charge in [-0.1, -0.05) is 84.8 Å². The zero-order valence-electron chi connectivity index (χ0n) is 15.5. The van der Waals surface area contributed by atoms with Crippen LogP contribution in [0.1, 0.15) is 44.2 Å². The van der Waals surface area contributed by atoms with Crippen LogP contribution in [0.2, 0.25) is 0 Å². The Morgan fingerprint density at radius 2 is 1.15 bits per heavy atom. The molecule has 0 aromatic heterocycles. The molecule has 2 aromatic carbocycles. The van der Waals surface area contributed by atoms with Crippen LogP contribution in [-0.4, -0.2) is 11.4 Å². The number of oxime groups is 2. The van der Waals surface area contributed by atoms with Crippen molar-refractivity contribution in [3.8, 4) is 0 Å². The van der Waals surface area contributed by atoms with Crippen molar-refractivity contribution in [3.05, 3.63) is 71.8 Å². The Balaban J connectivity index is 1.57. The van der Waals surface area contributed by atoms with E-state index in [4.69, 9.17) is 9.68 Å². The Kier molecular flexibility index (Phi) is 6.05. The zero-order chi connectivity index (χ0) is 18.2. The molecule has 0 heterocycles. The van der Waals surface area contributed by atoms with E-state index in [-0.39, 0.29) is 5.41 Å². The third-order valence-corrected chi connectivity index (χ3v) is 4.31. The van der Waals surface area contributed by atoms with E-state index in [1.807, 2.05) is 60.7 Å². The fourth-order valence-electron chi connectivity index (χ4n) is 3.20. The molecule has 1 fully saturated rings. The van der Waals surface area contributed by atoms with E-state index in [1.165, 1.54) is 0 Å². The summed E-state index contributed by atoms with van der Waals surface area (Å²) in [6, 6.07) is 20.2. The van der Waals surface area contributed by atoms with Crippen molar-refractivity contribution in [2.45, 2.75) is 46.3 Å².